The van der Waals surface area contributed by atoms with Gasteiger partial charge >= 0.3 is 52.1 Å². The molecule has 0 aromatic heterocycles. The van der Waals surface area contributed by atoms with Crippen molar-refractivity contribution in [2.75, 3.05) is 5.75 Å². The maximum Gasteiger partial charge on any atom is 1.00 e. The molecular formula is C7H11NaO7S2. The average molecular weight is 294 g/mol. The molecule has 0 aromatic carbocycles. The summed E-state index contributed by atoms with van der Waals surface area (Å²) in [5.74, 6) is -1.58. The summed E-state index contributed by atoms with van der Waals surface area (Å²) in [6, 6.07) is 0. The molecule has 7 nitrogen and oxygen atoms in total. The first kappa shape index (κ1) is 22.1. The molecule has 10 heteroatoms. The summed E-state index contributed by atoms with van der Waals surface area (Å²) in [5.41, 5.74) is 0. The molecular weight excluding hydrogens is 283 g/mol. The Balaban J connectivity index is -0.000000340. The summed E-state index contributed by atoms with van der Waals surface area (Å²) in [6.45, 7) is 3.53. The smallest absolute Gasteiger partial charge is 0.481 e. The molecule has 17 heavy (non-hydrogen) atoms. The van der Waals surface area contributed by atoms with Gasteiger partial charge in [0.1, 0.15) is 5.25 Å². The average Bonchev–Trinajstić information content (AvgIpc) is 2.10. The number of carbonyl (C=O) groups is 2. The Morgan fingerprint density at radius 1 is 1.24 bits per heavy atom. The van der Waals surface area contributed by atoms with Crippen molar-refractivity contribution in [1.29, 1.82) is 0 Å². The number of hydrogen-bond donors (Lipinski definition) is 2. The second-order valence-corrected chi connectivity index (χ2v) is 4.07. The van der Waals surface area contributed by atoms with Crippen LogP contribution in [0.25, 0.3) is 0 Å². The van der Waals surface area contributed by atoms with Gasteiger partial charge < -0.3 is 17.1 Å². The van der Waals surface area contributed by atoms with Gasteiger partial charge in [0.15, 0.2) is 0 Å². The maximum absolute atomic E-state index is 10.4. The van der Waals surface area contributed by atoms with Crippen LogP contribution in [0.4, 0.5) is 0 Å². The van der Waals surface area contributed by atoms with Gasteiger partial charge in [-0.1, -0.05) is 0 Å². The summed E-state index contributed by atoms with van der Waals surface area (Å²) in [5, 5.41) is 16.0. The molecule has 0 heterocycles. The molecule has 1 unspecified atom stereocenters. The van der Waals surface area contributed by atoms with E-state index in [1.54, 1.807) is 0 Å². The van der Waals surface area contributed by atoms with E-state index in [4.69, 9.17) is 22.8 Å². The van der Waals surface area contributed by atoms with E-state index in [0.29, 0.717) is 12.2 Å². The Hall–Kier alpha value is -0.0900. The van der Waals surface area contributed by atoms with E-state index in [1.807, 2.05) is 0 Å². The number of aliphatic carboxylic acids is 2. The van der Waals surface area contributed by atoms with Crippen LogP contribution in [0.2, 0.25) is 0 Å². The summed E-state index contributed by atoms with van der Waals surface area (Å²) < 4.78 is 25.3. The van der Waals surface area contributed by atoms with E-state index in [1.165, 1.54) is 0 Å². The summed E-state index contributed by atoms with van der Waals surface area (Å²) in [4.78, 5) is 20.6. The van der Waals surface area contributed by atoms with Crippen LogP contribution in [-0.4, -0.2) is 45.8 Å². The van der Waals surface area contributed by atoms with Gasteiger partial charge in [-0.2, -0.15) is 6.42 Å². The van der Waals surface area contributed by atoms with E-state index in [0.717, 1.165) is 11.8 Å². The molecule has 0 saturated carbocycles. The minimum absolute atomic E-state index is 0. The molecule has 0 bridgehead atoms. The summed E-state index contributed by atoms with van der Waals surface area (Å²) in [6.07, 6.45) is 0.272. The predicted molar refractivity (Wildman–Crippen MR) is 55.8 cm³/mol. The third-order valence-electron chi connectivity index (χ3n) is 1.10. The topological polar surface area (TPSA) is 126 Å². The van der Waals surface area contributed by atoms with Gasteiger partial charge in [0.25, 0.3) is 0 Å². The van der Waals surface area contributed by atoms with Gasteiger partial charge in [0, 0.05) is 0 Å². The standard InChI is InChI=1S/C7H11O4S.Na.O3S/c1-2-3-12-5(7(10)11)4-6(8)9;;1-4(2)3/h5H,1-4H2,(H,8,9)(H,10,11);;/q-1;+1;. The van der Waals surface area contributed by atoms with E-state index in [-0.39, 0.29) is 36.0 Å². The van der Waals surface area contributed by atoms with E-state index < -0.39 is 27.8 Å². The second-order valence-electron chi connectivity index (χ2n) is 2.35. The quantitative estimate of drug-likeness (QED) is 0.389. The normalized spacial score (nSPS) is 10.2. The van der Waals surface area contributed by atoms with Crippen LogP contribution in [0, 0.1) is 6.92 Å². The SMILES string of the molecule is O=S(=O)=O.[CH2-]CCSC(CC(=O)O)C(=O)O.[Na+]. The van der Waals surface area contributed by atoms with Crippen LogP contribution in [0.15, 0.2) is 0 Å². The minimum Gasteiger partial charge on any atom is -0.481 e. The molecule has 0 aromatic rings. The second kappa shape index (κ2) is 14.0. The minimum atomic E-state index is -3.11. The third kappa shape index (κ3) is 21.7. The Bertz CT molecular complexity index is 318. The van der Waals surface area contributed by atoms with Crippen LogP contribution in [0.3, 0.4) is 0 Å². The third-order valence-corrected chi connectivity index (χ3v) is 2.39. The zero-order valence-electron chi connectivity index (χ0n) is 9.16. The zero-order valence-corrected chi connectivity index (χ0v) is 12.8. The molecule has 94 valence electrons. The van der Waals surface area contributed by atoms with Gasteiger partial charge in [-0.15, -0.1) is 24.4 Å². The Kier molecular flexibility index (Phi) is 18.2. The molecule has 0 fully saturated rings. The number of rotatable bonds is 6. The van der Waals surface area contributed by atoms with Gasteiger partial charge in [0.05, 0.1) is 6.42 Å². The fraction of sp³-hybridized carbons (Fsp3) is 0.571. The fourth-order valence-electron chi connectivity index (χ4n) is 0.602. The van der Waals surface area contributed by atoms with Gasteiger partial charge in [0.2, 0.25) is 0 Å². The van der Waals surface area contributed by atoms with Crippen molar-refractivity contribution in [1.82, 2.24) is 0 Å². The van der Waals surface area contributed by atoms with Crippen molar-refractivity contribution < 1.29 is 62.0 Å². The monoisotopic (exact) mass is 294 g/mol. The zero-order chi connectivity index (χ0) is 13.1. The van der Waals surface area contributed by atoms with E-state index >= 15 is 0 Å². The van der Waals surface area contributed by atoms with E-state index in [9.17, 15) is 9.59 Å². The van der Waals surface area contributed by atoms with Crippen molar-refractivity contribution in [3.8, 4) is 0 Å². The van der Waals surface area contributed by atoms with Gasteiger partial charge in [-0.25, -0.2) is 0 Å². The van der Waals surface area contributed by atoms with Crippen molar-refractivity contribution in [3.05, 3.63) is 6.92 Å². The molecule has 0 saturated heterocycles. The maximum atomic E-state index is 10.4. The molecule has 0 amide bonds. The first-order valence-corrected chi connectivity index (χ1v) is 5.98. The predicted octanol–water partition coefficient (Wildman–Crippen LogP) is -3.13. The molecule has 2 N–H and O–H groups in total. The van der Waals surface area contributed by atoms with Crippen molar-refractivity contribution in [3.63, 3.8) is 0 Å². The molecule has 0 rings (SSSR count). The van der Waals surface area contributed by atoms with Crippen molar-refractivity contribution in [2.45, 2.75) is 18.1 Å². The summed E-state index contributed by atoms with van der Waals surface area (Å²) >= 11 is 1.12. The largest absolute Gasteiger partial charge is 1.00 e. The Labute approximate surface area is 126 Å². The molecule has 0 aliphatic heterocycles. The van der Waals surface area contributed by atoms with Crippen molar-refractivity contribution >= 4 is 34.3 Å². The number of hydrogen-bond acceptors (Lipinski definition) is 6. The number of thioether (sulfide) groups is 1. The van der Waals surface area contributed by atoms with Crippen LogP contribution in [-0.2, 0) is 20.2 Å². The van der Waals surface area contributed by atoms with Crippen LogP contribution in [0.5, 0.6) is 0 Å². The summed E-state index contributed by atoms with van der Waals surface area (Å²) in [7, 11) is -3.11. The molecule has 0 spiro atoms. The van der Waals surface area contributed by atoms with Gasteiger partial charge in [-0.3, -0.25) is 9.59 Å². The van der Waals surface area contributed by atoms with Gasteiger partial charge in [-0.05, 0) is 5.75 Å². The number of carboxylic acid groups (broad SMARTS) is 2. The molecule has 1 atom stereocenters. The molecule has 0 radical (unpaired) electrons. The molecule has 0 aliphatic rings. The van der Waals surface area contributed by atoms with Crippen LogP contribution >= 0.6 is 11.8 Å². The van der Waals surface area contributed by atoms with Crippen molar-refractivity contribution in [2.24, 2.45) is 0 Å². The number of carboxylic acids is 2. The first-order chi connectivity index (χ1) is 7.31. The molecule has 0 aliphatic carbocycles. The first-order valence-electron chi connectivity index (χ1n) is 3.93. The fourth-order valence-corrected chi connectivity index (χ4v) is 1.46. The Morgan fingerprint density at radius 3 is 1.88 bits per heavy atom. The van der Waals surface area contributed by atoms with E-state index in [2.05, 4.69) is 6.92 Å². The Morgan fingerprint density at radius 2 is 1.65 bits per heavy atom. The van der Waals surface area contributed by atoms with Crippen LogP contribution < -0.4 is 29.6 Å². The van der Waals surface area contributed by atoms with Crippen LogP contribution in [0.1, 0.15) is 12.8 Å².